The van der Waals surface area contributed by atoms with Gasteiger partial charge in [-0.3, -0.25) is 0 Å². The van der Waals surface area contributed by atoms with Gasteiger partial charge in [0.2, 0.25) is 5.88 Å². The van der Waals surface area contributed by atoms with Crippen LogP contribution < -0.4 is 9.64 Å². The van der Waals surface area contributed by atoms with Gasteiger partial charge in [0.1, 0.15) is 11.6 Å². The molecule has 0 saturated carbocycles. The van der Waals surface area contributed by atoms with Crippen LogP contribution in [0.4, 0.5) is 14.6 Å². The van der Waals surface area contributed by atoms with Crippen LogP contribution in [0, 0.1) is 11.6 Å². The number of anilines is 1. The Kier molecular flexibility index (Phi) is 3.97. The quantitative estimate of drug-likeness (QED) is 0.572. The summed E-state index contributed by atoms with van der Waals surface area (Å²) in [6.07, 6.45) is 9.75. The van der Waals surface area contributed by atoms with Crippen molar-refractivity contribution in [1.82, 2.24) is 29.5 Å². The van der Waals surface area contributed by atoms with Crippen LogP contribution in [0.3, 0.4) is 0 Å². The molecule has 4 aromatic heterocycles. The lowest BCUT2D eigenvalue weighted by Crippen LogP contribution is -2.21. The number of rotatable bonds is 4. The van der Waals surface area contributed by atoms with Crippen molar-refractivity contribution in [3.63, 3.8) is 0 Å². The summed E-state index contributed by atoms with van der Waals surface area (Å²) in [5.41, 5.74) is 2.12. The lowest BCUT2D eigenvalue weighted by molar-refractivity contribution is 0.394. The van der Waals surface area contributed by atoms with Crippen LogP contribution in [0.25, 0.3) is 22.7 Å². The Balaban J connectivity index is 1.64. The first-order valence-electron chi connectivity index (χ1n) is 8.87. The first-order valence-corrected chi connectivity index (χ1v) is 8.87. The van der Waals surface area contributed by atoms with Gasteiger partial charge in [-0.15, -0.1) is 0 Å². The SMILES string of the molecule is COc1ncc(F)cc1C1=CCCN1c1nc2c(-c3ncc[nH]3)cnn2cc1F. The van der Waals surface area contributed by atoms with Gasteiger partial charge in [0.25, 0.3) is 0 Å². The highest BCUT2D eigenvalue weighted by atomic mass is 19.1. The van der Waals surface area contributed by atoms with Gasteiger partial charge in [0, 0.05) is 18.9 Å². The Bertz CT molecular complexity index is 1230. The molecule has 29 heavy (non-hydrogen) atoms. The maximum atomic E-state index is 14.9. The predicted octanol–water partition coefficient (Wildman–Crippen LogP) is 3.05. The highest BCUT2D eigenvalue weighted by Gasteiger charge is 2.27. The van der Waals surface area contributed by atoms with Gasteiger partial charge in [0.15, 0.2) is 17.3 Å². The summed E-state index contributed by atoms with van der Waals surface area (Å²) in [6.45, 7) is 0.485. The molecule has 5 rings (SSSR count). The molecule has 0 fully saturated rings. The number of ether oxygens (including phenoxy) is 1. The van der Waals surface area contributed by atoms with Gasteiger partial charge in [-0.25, -0.2) is 28.2 Å². The van der Waals surface area contributed by atoms with Crippen LogP contribution >= 0.6 is 0 Å². The maximum absolute atomic E-state index is 14.9. The smallest absolute Gasteiger partial charge is 0.222 e. The number of H-pyrrole nitrogens is 1. The van der Waals surface area contributed by atoms with Crippen molar-refractivity contribution < 1.29 is 13.5 Å². The minimum absolute atomic E-state index is 0.112. The van der Waals surface area contributed by atoms with Crippen LogP contribution in [0.1, 0.15) is 12.0 Å². The van der Waals surface area contributed by atoms with Crippen molar-refractivity contribution in [1.29, 1.82) is 0 Å². The number of nitrogens with zero attached hydrogens (tertiary/aromatic N) is 6. The monoisotopic (exact) mass is 395 g/mol. The highest BCUT2D eigenvalue weighted by molar-refractivity contribution is 5.83. The molecule has 1 N–H and O–H groups in total. The average molecular weight is 395 g/mol. The number of nitrogens with one attached hydrogen (secondary N) is 1. The second-order valence-corrected chi connectivity index (χ2v) is 6.42. The summed E-state index contributed by atoms with van der Waals surface area (Å²) in [5, 5.41) is 4.16. The number of aromatic nitrogens is 6. The number of imidazole rings is 1. The molecular weight excluding hydrogens is 380 g/mol. The van der Waals surface area contributed by atoms with E-state index in [1.807, 2.05) is 6.08 Å². The standard InChI is InChI=1S/C19H15F2N7O/c1-29-19-12(7-11(20)8-24-19)15-3-2-6-27(15)18-14(21)10-28-17(26-18)13(9-25-28)16-22-4-5-23-16/h3-5,7-10H,2,6H2,1H3,(H,22,23). The zero-order chi connectivity index (χ0) is 20.0. The molecule has 0 spiro atoms. The second-order valence-electron chi connectivity index (χ2n) is 6.42. The van der Waals surface area contributed by atoms with E-state index in [0.29, 0.717) is 41.3 Å². The van der Waals surface area contributed by atoms with E-state index in [-0.39, 0.29) is 11.7 Å². The van der Waals surface area contributed by atoms with Crippen molar-refractivity contribution in [3.8, 4) is 17.3 Å². The van der Waals surface area contributed by atoms with Crippen molar-refractivity contribution in [2.45, 2.75) is 6.42 Å². The Morgan fingerprint density at radius 2 is 2.07 bits per heavy atom. The third kappa shape index (κ3) is 2.80. The normalized spacial score (nSPS) is 13.9. The summed E-state index contributed by atoms with van der Waals surface area (Å²) in [5.74, 6) is -0.109. The first-order chi connectivity index (χ1) is 14.2. The number of fused-ring (bicyclic) bond motifs is 1. The minimum Gasteiger partial charge on any atom is -0.481 e. The predicted molar refractivity (Wildman–Crippen MR) is 101 cm³/mol. The molecule has 0 saturated heterocycles. The summed E-state index contributed by atoms with van der Waals surface area (Å²) >= 11 is 0. The third-order valence-corrected chi connectivity index (χ3v) is 4.71. The van der Waals surface area contributed by atoms with Crippen LogP contribution in [0.5, 0.6) is 5.88 Å². The topological polar surface area (TPSA) is 84.2 Å². The van der Waals surface area contributed by atoms with Crippen molar-refractivity contribution in [2.24, 2.45) is 0 Å². The van der Waals surface area contributed by atoms with E-state index >= 15 is 0 Å². The average Bonchev–Trinajstić information content (AvgIpc) is 3.47. The molecule has 8 nitrogen and oxygen atoms in total. The van der Waals surface area contributed by atoms with Crippen LogP contribution in [0.2, 0.25) is 0 Å². The molecule has 0 atom stereocenters. The molecule has 0 radical (unpaired) electrons. The lowest BCUT2D eigenvalue weighted by Gasteiger charge is -2.23. The number of hydrogen-bond donors (Lipinski definition) is 1. The van der Waals surface area contributed by atoms with Gasteiger partial charge in [-0.2, -0.15) is 5.10 Å². The number of methoxy groups -OCH3 is 1. The molecule has 10 heteroatoms. The Hall–Kier alpha value is -3.82. The second kappa shape index (κ2) is 6.66. The summed E-state index contributed by atoms with van der Waals surface area (Å²) in [4.78, 5) is 17.4. The molecule has 0 unspecified atom stereocenters. The van der Waals surface area contributed by atoms with Crippen molar-refractivity contribution in [2.75, 3.05) is 18.6 Å². The molecule has 0 bridgehead atoms. The van der Waals surface area contributed by atoms with Crippen LogP contribution in [-0.4, -0.2) is 43.2 Å². The fourth-order valence-electron chi connectivity index (χ4n) is 3.46. The van der Waals surface area contributed by atoms with E-state index in [0.717, 1.165) is 6.20 Å². The van der Waals surface area contributed by atoms with Gasteiger partial charge in [-0.05, 0) is 12.5 Å². The largest absolute Gasteiger partial charge is 0.481 e. The zero-order valence-electron chi connectivity index (χ0n) is 15.3. The van der Waals surface area contributed by atoms with E-state index in [1.54, 1.807) is 23.5 Å². The Morgan fingerprint density at radius 1 is 1.17 bits per heavy atom. The fraction of sp³-hybridized carbons (Fsp3) is 0.158. The summed E-state index contributed by atoms with van der Waals surface area (Å²) < 4.78 is 35.4. The highest BCUT2D eigenvalue weighted by Crippen LogP contribution is 2.36. The van der Waals surface area contributed by atoms with Gasteiger partial charge in [0.05, 0.1) is 42.5 Å². The zero-order valence-corrected chi connectivity index (χ0v) is 15.3. The van der Waals surface area contributed by atoms with Crippen molar-refractivity contribution in [3.05, 3.63) is 60.3 Å². The molecule has 5 heterocycles. The number of halogens is 2. The molecule has 0 aliphatic carbocycles. The van der Waals surface area contributed by atoms with E-state index in [4.69, 9.17) is 4.74 Å². The molecule has 1 aliphatic rings. The molecule has 4 aromatic rings. The summed E-state index contributed by atoms with van der Waals surface area (Å²) in [7, 11) is 1.45. The van der Waals surface area contributed by atoms with Crippen LogP contribution in [0.15, 0.2) is 43.1 Å². The fourth-order valence-corrected chi connectivity index (χ4v) is 3.46. The number of aromatic amines is 1. The van der Waals surface area contributed by atoms with Crippen LogP contribution in [-0.2, 0) is 0 Å². The number of pyridine rings is 1. The van der Waals surface area contributed by atoms with E-state index in [2.05, 4.69) is 25.0 Å². The Morgan fingerprint density at radius 3 is 2.86 bits per heavy atom. The molecule has 1 aliphatic heterocycles. The molecule has 0 amide bonds. The molecule has 146 valence electrons. The lowest BCUT2D eigenvalue weighted by atomic mass is 10.2. The molecular formula is C19H15F2N7O. The van der Waals surface area contributed by atoms with Crippen molar-refractivity contribution >= 4 is 17.2 Å². The van der Waals surface area contributed by atoms with E-state index in [1.165, 1.54) is 23.9 Å². The third-order valence-electron chi connectivity index (χ3n) is 4.71. The van der Waals surface area contributed by atoms with Gasteiger partial charge >= 0.3 is 0 Å². The molecule has 0 aromatic carbocycles. The minimum atomic E-state index is -0.553. The van der Waals surface area contributed by atoms with Gasteiger partial charge < -0.3 is 14.6 Å². The summed E-state index contributed by atoms with van der Waals surface area (Å²) in [6, 6.07) is 1.32. The van der Waals surface area contributed by atoms with E-state index < -0.39 is 11.6 Å². The van der Waals surface area contributed by atoms with Gasteiger partial charge in [-0.1, -0.05) is 6.08 Å². The first kappa shape index (κ1) is 17.3. The maximum Gasteiger partial charge on any atom is 0.222 e. The Labute approximate surface area is 163 Å². The number of hydrogen-bond acceptors (Lipinski definition) is 6. The van der Waals surface area contributed by atoms with E-state index in [9.17, 15) is 8.78 Å².